The van der Waals surface area contributed by atoms with Gasteiger partial charge in [-0.25, -0.2) is 0 Å². The topological polar surface area (TPSA) is 46.5 Å². The predicted molar refractivity (Wildman–Crippen MR) is 74.8 cm³/mol. The summed E-state index contributed by atoms with van der Waals surface area (Å²) in [7, 11) is 1.56. The van der Waals surface area contributed by atoms with Crippen molar-refractivity contribution in [3.05, 3.63) is 53.1 Å². The number of carbonyl (C=O) groups is 1. The van der Waals surface area contributed by atoms with Crippen LogP contribution in [0.25, 0.3) is 11.1 Å². The maximum Gasteiger partial charge on any atom is 0.307 e. The molecule has 2 aromatic rings. The van der Waals surface area contributed by atoms with Crippen molar-refractivity contribution < 1.29 is 14.6 Å². The molecule has 0 unspecified atom stereocenters. The normalized spacial score (nSPS) is 10.2. The number of hydrogen-bond acceptors (Lipinski definition) is 2. The molecule has 2 aromatic carbocycles. The number of aliphatic carboxylic acids is 1. The van der Waals surface area contributed by atoms with E-state index in [0.29, 0.717) is 16.3 Å². The van der Waals surface area contributed by atoms with Gasteiger partial charge in [-0.2, -0.15) is 0 Å². The third-order valence-electron chi connectivity index (χ3n) is 2.73. The molecule has 0 radical (unpaired) electrons. The van der Waals surface area contributed by atoms with Crippen LogP contribution in [-0.2, 0) is 11.2 Å². The molecule has 19 heavy (non-hydrogen) atoms. The monoisotopic (exact) mass is 276 g/mol. The zero-order valence-electron chi connectivity index (χ0n) is 10.4. The molecule has 0 aliphatic heterocycles. The molecule has 2 rings (SSSR count). The van der Waals surface area contributed by atoms with Crippen LogP contribution < -0.4 is 4.74 Å². The summed E-state index contributed by atoms with van der Waals surface area (Å²) in [6.45, 7) is 0. The van der Waals surface area contributed by atoms with Gasteiger partial charge < -0.3 is 9.84 Å². The third kappa shape index (κ3) is 3.48. The molecular formula is C15H13ClO3. The molecular weight excluding hydrogens is 264 g/mol. The first-order valence-corrected chi connectivity index (χ1v) is 6.12. The average molecular weight is 277 g/mol. The number of benzene rings is 2. The molecule has 4 heteroatoms. The standard InChI is InChI=1S/C15H13ClO3/c1-19-14-7-10(8-15(17)18)6-12(9-14)11-2-4-13(16)5-3-11/h2-7,9H,8H2,1H3,(H,17,18). The summed E-state index contributed by atoms with van der Waals surface area (Å²) in [4.78, 5) is 10.8. The van der Waals surface area contributed by atoms with Crippen LogP contribution >= 0.6 is 11.6 Å². The van der Waals surface area contributed by atoms with Gasteiger partial charge in [0.05, 0.1) is 13.5 Å². The molecule has 0 heterocycles. The van der Waals surface area contributed by atoms with Crippen molar-refractivity contribution in [1.29, 1.82) is 0 Å². The minimum Gasteiger partial charge on any atom is -0.497 e. The van der Waals surface area contributed by atoms with Crippen LogP contribution in [-0.4, -0.2) is 18.2 Å². The summed E-state index contributed by atoms with van der Waals surface area (Å²) < 4.78 is 5.20. The summed E-state index contributed by atoms with van der Waals surface area (Å²) in [5.74, 6) is -0.223. The van der Waals surface area contributed by atoms with E-state index in [1.807, 2.05) is 24.3 Å². The number of ether oxygens (including phenoxy) is 1. The Morgan fingerprint density at radius 3 is 2.42 bits per heavy atom. The van der Waals surface area contributed by atoms with Crippen molar-refractivity contribution in [2.45, 2.75) is 6.42 Å². The van der Waals surface area contributed by atoms with E-state index in [0.717, 1.165) is 11.1 Å². The van der Waals surface area contributed by atoms with Crippen molar-refractivity contribution in [1.82, 2.24) is 0 Å². The van der Waals surface area contributed by atoms with Gasteiger partial charge in [0.15, 0.2) is 0 Å². The lowest BCUT2D eigenvalue weighted by Gasteiger charge is -2.08. The van der Waals surface area contributed by atoms with Crippen LogP contribution in [0.5, 0.6) is 5.75 Å². The molecule has 0 aromatic heterocycles. The first-order valence-electron chi connectivity index (χ1n) is 5.74. The van der Waals surface area contributed by atoms with Crippen molar-refractivity contribution in [2.24, 2.45) is 0 Å². The number of methoxy groups -OCH3 is 1. The van der Waals surface area contributed by atoms with Crippen LogP contribution in [0.15, 0.2) is 42.5 Å². The highest BCUT2D eigenvalue weighted by Gasteiger charge is 2.07. The van der Waals surface area contributed by atoms with Crippen molar-refractivity contribution >= 4 is 17.6 Å². The van der Waals surface area contributed by atoms with Gasteiger partial charge in [0, 0.05) is 5.02 Å². The smallest absolute Gasteiger partial charge is 0.307 e. The number of halogens is 1. The van der Waals surface area contributed by atoms with Crippen molar-refractivity contribution in [3.63, 3.8) is 0 Å². The largest absolute Gasteiger partial charge is 0.497 e. The van der Waals surface area contributed by atoms with Gasteiger partial charge in [-0.1, -0.05) is 29.8 Å². The molecule has 0 atom stereocenters. The lowest BCUT2D eigenvalue weighted by atomic mass is 10.0. The predicted octanol–water partition coefficient (Wildman–Crippen LogP) is 3.64. The molecule has 0 aliphatic rings. The van der Waals surface area contributed by atoms with E-state index in [9.17, 15) is 4.79 Å². The average Bonchev–Trinajstić information content (AvgIpc) is 2.38. The van der Waals surface area contributed by atoms with Gasteiger partial charge in [-0.05, 0) is 41.0 Å². The fourth-order valence-corrected chi connectivity index (χ4v) is 1.99. The molecule has 3 nitrogen and oxygen atoms in total. The van der Waals surface area contributed by atoms with Crippen LogP contribution in [0.4, 0.5) is 0 Å². The zero-order chi connectivity index (χ0) is 13.8. The molecule has 0 saturated carbocycles. The molecule has 98 valence electrons. The Hall–Kier alpha value is -2.00. The molecule has 1 N–H and O–H groups in total. The fourth-order valence-electron chi connectivity index (χ4n) is 1.86. The van der Waals surface area contributed by atoms with E-state index in [-0.39, 0.29) is 6.42 Å². The third-order valence-corrected chi connectivity index (χ3v) is 2.99. The van der Waals surface area contributed by atoms with Crippen LogP contribution in [0.2, 0.25) is 5.02 Å². The van der Waals surface area contributed by atoms with Crippen molar-refractivity contribution in [3.8, 4) is 16.9 Å². The SMILES string of the molecule is COc1cc(CC(=O)O)cc(-c2ccc(Cl)cc2)c1. The molecule has 0 bridgehead atoms. The second-order valence-electron chi connectivity index (χ2n) is 4.15. The summed E-state index contributed by atoms with van der Waals surface area (Å²) in [5, 5.41) is 9.53. The first kappa shape index (κ1) is 13.4. The summed E-state index contributed by atoms with van der Waals surface area (Å²) in [6, 6.07) is 12.8. The van der Waals surface area contributed by atoms with Crippen LogP contribution in [0.1, 0.15) is 5.56 Å². The van der Waals surface area contributed by atoms with E-state index in [1.165, 1.54) is 0 Å². The second-order valence-corrected chi connectivity index (χ2v) is 4.58. The summed E-state index contributed by atoms with van der Waals surface area (Å²) in [6.07, 6.45) is -0.0300. The Balaban J connectivity index is 2.44. The second kappa shape index (κ2) is 5.76. The molecule has 0 fully saturated rings. The van der Waals surface area contributed by atoms with E-state index < -0.39 is 5.97 Å². The lowest BCUT2D eigenvalue weighted by molar-refractivity contribution is -0.136. The van der Waals surface area contributed by atoms with E-state index in [2.05, 4.69) is 0 Å². The number of hydrogen-bond donors (Lipinski definition) is 1. The molecule has 0 saturated heterocycles. The maximum absolute atomic E-state index is 10.8. The minimum absolute atomic E-state index is 0.0300. The molecule has 0 aliphatic carbocycles. The van der Waals surface area contributed by atoms with E-state index in [1.54, 1.807) is 25.3 Å². The van der Waals surface area contributed by atoms with Gasteiger partial charge in [0.1, 0.15) is 5.75 Å². The lowest BCUT2D eigenvalue weighted by Crippen LogP contribution is -2.00. The van der Waals surface area contributed by atoms with Gasteiger partial charge in [-0.3, -0.25) is 4.79 Å². The summed E-state index contributed by atoms with van der Waals surface area (Å²) >= 11 is 5.86. The Kier molecular flexibility index (Phi) is 4.07. The van der Waals surface area contributed by atoms with E-state index in [4.69, 9.17) is 21.4 Å². The highest BCUT2D eigenvalue weighted by Crippen LogP contribution is 2.27. The fraction of sp³-hybridized carbons (Fsp3) is 0.133. The Morgan fingerprint density at radius 2 is 1.84 bits per heavy atom. The number of carboxylic acids is 1. The van der Waals surface area contributed by atoms with Gasteiger partial charge in [0.25, 0.3) is 0 Å². The van der Waals surface area contributed by atoms with Gasteiger partial charge >= 0.3 is 5.97 Å². The number of carboxylic acid groups (broad SMARTS) is 1. The van der Waals surface area contributed by atoms with Crippen LogP contribution in [0, 0.1) is 0 Å². The maximum atomic E-state index is 10.8. The summed E-state index contributed by atoms with van der Waals surface area (Å²) in [5.41, 5.74) is 2.58. The Labute approximate surface area is 116 Å². The van der Waals surface area contributed by atoms with Crippen molar-refractivity contribution in [2.75, 3.05) is 7.11 Å². The number of rotatable bonds is 4. The zero-order valence-corrected chi connectivity index (χ0v) is 11.1. The Bertz CT molecular complexity index is 591. The Morgan fingerprint density at radius 1 is 1.16 bits per heavy atom. The first-order chi connectivity index (χ1) is 9.08. The minimum atomic E-state index is -0.865. The molecule has 0 spiro atoms. The van der Waals surface area contributed by atoms with Gasteiger partial charge in [-0.15, -0.1) is 0 Å². The highest BCUT2D eigenvalue weighted by molar-refractivity contribution is 6.30. The highest BCUT2D eigenvalue weighted by atomic mass is 35.5. The van der Waals surface area contributed by atoms with Gasteiger partial charge in [0.2, 0.25) is 0 Å². The molecule has 0 amide bonds. The van der Waals surface area contributed by atoms with Crippen LogP contribution in [0.3, 0.4) is 0 Å². The quantitative estimate of drug-likeness (QED) is 0.927. The van der Waals surface area contributed by atoms with E-state index >= 15 is 0 Å².